The molecule has 4 N–H and O–H groups in total. The molecule has 0 saturated carbocycles. The van der Waals surface area contributed by atoms with Gasteiger partial charge in [-0.05, 0) is 18.9 Å². The third-order valence-electron chi connectivity index (χ3n) is 2.00. The number of aromatic nitrogens is 2. The fourth-order valence-corrected chi connectivity index (χ4v) is 1.09. The van der Waals surface area contributed by atoms with E-state index in [1.54, 1.807) is 10.9 Å². The lowest BCUT2D eigenvalue weighted by atomic mass is 10.1. The van der Waals surface area contributed by atoms with Crippen LogP contribution >= 0.6 is 0 Å². The van der Waals surface area contributed by atoms with Crippen molar-refractivity contribution in [2.24, 2.45) is 18.5 Å². The van der Waals surface area contributed by atoms with Crippen LogP contribution in [-0.2, 0) is 18.3 Å². The minimum absolute atomic E-state index is 0.456. The Morgan fingerprint density at radius 2 is 2.46 bits per heavy atom. The van der Waals surface area contributed by atoms with Crippen molar-refractivity contribution in [3.8, 4) is 0 Å². The Bertz CT molecular complexity index is 294. The standard InChI is InChI=1S/C8H14N4O/c1-12-6(4-5-11-12)2-3-7(9)8(10)13/h4-5,7H,2-3,9H2,1H3,(H2,10,13). The van der Waals surface area contributed by atoms with Crippen LogP contribution in [0.5, 0.6) is 0 Å². The van der Waals surface area contributed by atoms with Gasteiger partial charge in [0.2, 0.25) is 5.91 Å². The van der Waals surface area contributed by atoms with E-state index in [4.69, 9.17) is 11.5 Å². The zero-order valence-electron chi connectivity index (χ0n) is 7.60. The van der Waals surface area contributed by atoms with Gasteiger partial charge in [0, 0.05) is 18.9 Å². The maximum absolute atomic E-state index is 10.6. The van der Waals surface area contributed by atoms with E-state index >= 15 is 0 Å². The van der Waals surface area contributed by atoms with E-state index in [1.807, 2.05) is 13.1 Å². The topological polar surface area (TPSA) is 86.9 Å². The number of carbonyl (C=O) groups excluding carboxylic acids is 1. The molecule has 1 rings (SSSR count). The number of nitrogens with two attached hydrogens (primary N) is 2. The number of primary amides is 1. The van der Waals surface area contributed by atoms with Crippen LogP contribution in [0.1, 0.15) is 12.1 Å². The zero-order chi connectivity index (χ0) is 9.84. The molecule has 0 saturated heterocycles. The number of nitrogens with zero attached hydrogens (tertiary/aromatic N) is 2. The number of hydrogen-bond acceptors (Lipinski definition) is 3. The first-order chi connectivity index (χ1) is 6.11. The van der Waals surface area contributed by atoms with E-state index < -0.39 is 11.9 Å². The maximum atomic E-state index is 10.6. The normalized spacial score (nSPS) is 12.8. The summed E-state index contributed by atoms with van der Waals surface area (Å²) in [5, 5.41) is 4.00. The van der Waals surface area contributed by atoms with Gasteiger partial charge in [-0.25, -0.2) is 0 Å². The minimum atomic E-state index is -0.560. The van der Waals surface area contributed by atoms with Gasteiger partial charge in [-0.3, -0.25) is 9.48 Å². The van der Waals surface area contributed by atoms with Crippen molar-refractivity contribution in [3.05, 3.63) is 18.0 Å². The van der Waals surface area contributed by atoms with Crippen molar-refractivity contribution < 1.29 is 4.79 Å². The van der Waals surface area contributed by atoms with Gasteiger partial charge in [0.1, 0.15) is 0 Å². The van der Waals surface area contributed by atoms with E-state index in [2.05, 4.69) is 5.10 Å². The molecular formula is C8H14N4O. The van der Waals surface area contributed by atoms with Gasteiger partial charge >= 0.3 is 0 Å². The Morgan fingerprint density at radius 1 is 1.77 bits per heavy atom. The Morgan fingerprint density at radius 3 is 2.92 bits per heavy atom. The largest absolute Gasteiger partial charge is 0.368 e. The Labute approximate surface area is 76.7 Å². The lowest BCUT2D eigenvalue weighted by molar-refractivity contribution is -0.119. The van der Waals surface area contributed by atoms with Crippen LogP contribution in [0.2, 0.25) is 0 Å². The second-order valence-electron chi connectivity index (χ2n) is 2.99. The predicted molar refractivity (Wildman–Crippen MR) is 48.7 cm³/mol. The summed E-state index contributed by atoms with van der Waals surface area (Å²) in [6.45, 7) is 0. The number of carbonyl (C=O) groups is 1. The van der Waals surface area contributed by atoms with E-state index in [9.17, 15) is 4.79 Å². The molecule has 0 spiro atoms. The summed E-state index contributed by atoms with van der Waals surface area (Å²) in [5.41, 5.74) is 11.6. The molecule has 1 aromatic rings. The Hall–Kier alpha value is -1.36. The third kappa shape index (κ3) is 2.55. The first-order valence-electron chi connectivity index (χ1n) is 4.13. The maximum Gasteiger partial charge on any atom is 0.234 e. The Kier molecular flexibility index (Phi) is 3.02. The van der Waals surface area contributed by atoms with Crippen LogP contribution < -0.4 is 11.5 Å². The highest BCUT2D eigenvalue weighted by Crippen LogP contribution is 2.02. The molecule has 1 unspecified atom stereocenters. The average molecular weight is 182 g/mol. The van der Waals surface area contributed by atoms with Crippen molar-refractivity contribution in [2.45, 2.75) is 18.9 Å². The van der Waals surface area contributed by atoms with Gasteiger partial charge in [0.15, 0.2) is 0 Å². The summed E-state index contributed by atoms with van der Waals surface area (Å²) >= 11 is 0. The highest BCUT2D eigenvalue weighted by atomic mass is 16.1. The summed E-state index contributed by atoms with van der Waals surface area (Å²) in [5.74, 6) is -0.456. The summed E-state index contributed by atoms with van der Waals surface area (Å²) in [6.07, 6.45) is 3.00. The van der Waals surface area contributed by atoms with Gasteiger partial charge in [-0.2, -0.15) is 5.10 Å². The van der Waals surface area contributed by atoms with Crippen LogP contribution in [0, 0.1) is 0 Å². The smallest absolute Gasteiger partial charge is 0.234 e. The molecular weight excluding hydrogens is 168 g/mol. The molecule has 0 bridgehead atoms. The molecule has 0 aromatic carbocycles. The van der Waals surface area contributed by atoms with Crippen molar-refractivity contribution in [1.82, 2.24) is 9.78 Å². The fraction of sp³-hybridized carbons (Fsp3) is 0.500. The fourth-order valence-electron chi connectivity index (χ4n) is 1.09. The molecule has 5 nitrogen and oxygen atoms in total. The number of amides is 1. The van der Waals surface area contributed by atoms with Gasteiger partial charge in [-0.1, -0.05) is 0 Å². The van der Waals surface area contributed by atoms with Crippen molar-refractivity contribution in [3.63, 3.8) is 0 Å². The van der Waals surface area contributed by atoms with Gasteiger partial charge in [-0.15, -0.1) is 0 Å². The lowest BCUT2D eigenvalue weighted by Gasteiger charge is -2.06. The highest BCUT2D eigenvalue weighted by Gasteiger charge is 2.09. The van der Waals surface area contributed by atoms with Crippen molar-refractivity contribution in [1.29, 1.82) is 0 Å². The first kappa shape index (κ1) is 9.73. The van der Waals surface area contributed by atoms with E-state index in [0.29, 0.717) is 6.42 Å². The predicted octanol–water partition coefficient (Wildman–Crippen LogP) is -0.835. The molecule has 0 aliphatic heterocycles. The monoisotopic (exact) mass is 182 g/mol. The van der Waals surface area contributed by atoms with Crippen LogP contribution in [0.3, 0.4) is 0 Å². The average Bonchev–Trinajstić information content (AvgIpc) is 2.47. The van der Waals surface area contributed by atoms with Crippen LogP contribution in [-0.4, -0.2) is 21.7 Å². The minimum Gasteiger partial charge on any atom is -0.368 e. The lowest BCUT2D eigenvalue weighted by Crippen LogP contribution is -2.36. The van der Waals surface area contributed by atoms with E-state index in [1.165, 1.54) is 0 Å². The van der Waals surface area contributed by atoms with Crippen molar-refractivity contribution in [2.75, 3.05) is 0 Å². The molecule has 0 aliphatic carbocycles. The molecule has 1 amide bonds. The van der Waals surface area contributed by atoms with Gasteiger partial charge in [0.25, 0.3) is 0 Å². The Balaban J connectivity index is 2.44. The summed E-state index contributed by atoms with van der Waals surface area (Å²) < 4.78 is 1.76. The van der Waals surface area contributed by atoms with E-state index in [0.717, 1.165) is 12.1 Å². The quantitative estimate of drug-likeness (QED) is 0.636. The first-order valence-corrected chi connectivity index (χ1v) is 4.13. The summed E-state index contributed by atoms with van der Waals surface area (Å²) in [6, 6.07) is 1.34. The number of rotatable bonds is 4. The number of hydrogen-bond donors (Lipinski definition) is 2. The molecule has 1 aromatic heterocycles. The molecule has 0 fully saturated rings. The second kappa shape index (κ2) is 4.04. The van der Waals surface area contributed by atoms with Gasteiger partial charge in [0.05, 0.1) is 6.04 Å². The van der Waals surface area contributed by atoms with Crippen LogP contribution in [0.15, 0.2) is 12.3 Å². The van der Waals surface area contributed by atoms with Crippen LogP contribution in [0.4, 0.5) is 0 Å². The van der Waals surface area contributed by atoms with E-state index in [-0.39, 0.29) is 0 Å². The van der Waals surface area contributed by atoms with Crippen LogP contribution in [0.25, 0.3) is 0 Å². The molecule has 5 heteroatoms. The molecule has 1 atom stereocenters. The molecule has 72 valence electrons. The third-order valence-corrected chi connectivity index (χ3v) is 2.00. The number of aryl methyl sites for hydroxylation is 2. The molecule has 0 radical (unpaired) electrons. The summed E-state index contributed by atoms with van der Waals surface area (Å²) in [4.78, 5) is 10.6. The molecule has 13 heavy (non-hydrogen) atoms. The van der Waals surface area contributed by atoms with Crippen molar-refractivity contribution >= 4 is 5.91 Å². The van der Waals surface area contributed by atoms with Gasteiger partial charge < -0.3 is 11.5 Å². The SMILES string of the molecule is Cn1nccc1CCC(N)C(N)=O. The highest BCUT2D eigenvalue weighted by molar-refractivity contribution is 5.79. The summed E-state index contributed by atoms with van der Waals surface area (Å²) in [7, 11) is 1.85. The second-order valence-corrected chi connectivity index (χ2v) is 2.99. The zero-order valence-corrected chi connectivity index (χ0v) is 7.60. The molecule has 0 aliphatic rings. The molecule has 1 heterocycles.